The van der Waals surface area contributed by atoms with E-state index in [1.54, 1.807) is 25.1 Å². The number of amides is 1. The average Bonchev–Trinajstić information content (AvgIpc) is 3.45. The number of nitrogen functional groups attached to an aromatic ring is 1. The third kappa shape index (κ3) is 4.39. The minimum Gasteiger partial charge on any atom is -0.450 e. The number of aromatic amines is 1. The predicted molar refractivity (Wildman–Crippen MR) is 132 cm³/mol. The van der Waals surface area contributed by atoms with Crippen LogP contribution >= 0.6 is 0 Å². The number of imidazole rings is 1. The Morgan fingerprint density at radius 2 is 1.81 bits per heavy atom. The summed E-state index contributed by atoms with van der Waals surface area (Å²) in [5.74, 6) is 0.159. The average molecular weight is 552 g/mol. The van der Waals surface area contributed by atoms with E-state index in [4.69, 9.17) is 15.6 Å². The molecule has 9 N–H and O–H groups in total. The Morgan fingerprint density at radius 1 is 1.11 bits per heavy atom. The number of aromatic nitrogens is 2. The van der Waals surface area contributed by atoms with Gasteiger partial charge in [-0.25, -0.2) is 42.6 Å². The largest absolute Gasteiger partial charge is 0.450 e. The molecule has 2 aliphatic heterocycles. The van der Waals surface area contributed by atoms with E-state index in [1.165, 1.54) is 17.0 Å². The van der Waals surface area contributed by atoms with Crippen LogP contribution in [-0.2, 0) is 24.6 Å². The number of sulfonamides is 1. The van der Waals surface area contributed by atoms with Crippen LogP contribution in [-0.4, -0.2) is 62.7 Å². The summed E-state index contributed by atoms with van der Waals surface area (Å²) in [5.41, 5.74) is 18.7. The van der Waals surface area contributed by atoms with E-state index in [0.717, 1.165) is 0 Å². The van der Waals surface area contributed by atoms with E-state index in [-0.39, 0.29) is 31.2 Å². The quantitative estimate of drug-likeness (QED) is 0.200. The summed E-state index contributed by atoms with van der Waals surface area (Å²) in [6.45, 7) is 1.50. The highest BCUT2D eigenvalue weighted by Crippen LogP contribution is 2.40. The van der Waals surface area contributed by atoms with Gasteiger partial charge in [0.25, 0.3) is 0 Å². The van der Waals surface area contributed by atoms with Crippen molar-refractivity contribution in [2.45, 2.75) is 28.1 Å². The first-order valence-electron chi connectivity index (χ1n) is 11.1. The second kappa shape index (κ2) is 9.21. The number of likely N-dealkylation sites (tertiary alicyclic amines) is 1. The van der Waals surface area contributed by atoms with Crippen LogP contribution in [0.3, 0.4) is 0 Å². The van der Waals surface area contributed by atoms with Gasteiger partial charge in [-0.05, 0) is 24.6 Å². The maximum absolute atomic E-state index is 13.6. The van der Waals surface area contributed by atoms with Gasteiger partial charge in [0.05, 0.1) is 22.5 Å². The molecule has 2 aromatic carbocycles. The third-order valence-corrected chi connectivity index (χ3v) is 9.44. The molecule has 0 aliphatic carbocycles. The van der Waals surface area contributed by atoms with E-state index in [9.17, 15) is 21.6 Å². The van der Waals surface area contributed by atoms with E-state index in [2.05, 4.69) is 31.9 Å². The lowest BCUT2D eigenvalue weighted by atomic mass is 9.96. The molecule has 37 heavy (non-hydrogen) atoms. The Balaban J connectivity index is 1.70. The minimum atomic E-state index is -4.59. The van der Waals surface area contributed by atoms with Crippen molar-refractivity contribution < 1.29 is 26.4 Å². The van der Waals surface area contributed by atoms with Crippen LogP contribution in [0.15, 0.2) is 40.1 Å². The van der Waals surface area contributed by atoms with Crippen molar-refractivity contribution in [1.82, 2.24) is 36.8 Å². The number of benzene rings is 2. The summed E-state index contributed by atoms with van der Waals surface area (Å²) in [6, 6.07) is 7.90. The number of hydrogen-bond donors (Lipinski definition) is 7. The number of hydrogen-bond acceptors (Lipinski definition) is 12. The van der Waals surface area contributed by atoms with Gasteiger partial charge in [0.1, 0.15) is 16.3 Å². The van der Waals surface area contributed by atoms with Gasteiger partial charge in [0, 0.05) is 24.2 Å². The molecular weight excluding hydrogens is 526 g/mol. The van der Waals surface area contributed by atoms with Crippen LogP contribution in [0.25, 0.3) is 22.2 Å². The van der Waals surface area contributed by atoms with Crippen molar-refractivity contribution in [3.8, 4) is 11.1 Å². The highest BCUT2D eigenvalue weighted by atomic mass is 32.2. The van der Waals surface area contributed by atoms with Crippen LogP contribution in [0.1, 0.15) is 18.7 Å². The summed E-state index contributed by atoms with van der Waals surface area (Å²) in [7, 11) is -8.83. The van der Waals surface area contributed by atoms with E-state index in [0.29, 0.717) is 22.2 Å². The summed E-state index contributed by atoms with van der Waals surface area (Å²) in [5, 5.41) is 4.61. The third-order valence-electron chi connectivity index (χ3n) is 6.17. The molecular formula is C20H25N9O6S2. The molecule has 17 heteroatoms. The summed E-state index contributed by atoms with van der Waals surface area (Å²) in [4.78, 5) is 19.4. The molecule has 3 aromatic rings. The van der Waals surface area contributed by atoms with Crippen LogP contribution in [0.4, 0.5) is 10.7 Å². The predicted octanol–water partition coefficient (Wildman–Crippen LogP) is -0.810. The Kier molecular flexibility index (Phi) is 6.31. The molecule has 0 atom stereocenters. The van der Waals surface area contributed by atoms with Gasteiger partial charge in [-0.2, -0.15) is 11.1 Å². The first-order valence-corrected chi connectivity index (χ1v) is 14.2. The SMILES string of the molecule is CCOC(=O)N1CC(S(=O)(=O)c2ccc(-c3cccc4[nH]c(N)nc34)c(C3NNNN3)c2S(N)(=O)=O)C1. The highest BCUT2D eigenvalue weighted by molar-refractivity contribution is 7.94. The van der Waals surface area contributed by atoms with Gasteiger partial charge in [0.2, 0.25) is 10.0 Å². The summed E-state index contributed by atoms with van der Waals surface area (Å²) in [6.07, 6.45) is -1.55. The zero-order valence-electron chi connectivity index (χ0n) is 19.5. The van der Waals surface area contributed by atoms with Gasteiger partial charge in [0.15, 0.2) is 15.8 Å². The maximum Gasteiger partial charge on any atom is 0.409 e. The molecule has 2 fully saturated rings. The number of nitrogens with zero attached hydrogens (tertiary/aromatic N) is 2. The molecule has 1 aromatic heterocycles. The maximum atomic E-state index is 13.6. The number of fused-ring (bicyclic) bond motifs is 1. The molecule has 1 amide bonds. The molecule has 0 spiro atoms. The Bertz CT molecular complexity index is 1590. The molecule has 198 valence electrons. The summed E-state index contributed by atoms with van der Waals surface area (Å²) >= 11 is 0. The monoisotopic (exact) mass is 551 g/mol. The number of anilines is 1. The number of carbonyl (C=O) groups excluding carboxylic acids is 1. The van der Waals surface area contributed by atoms with Crippen LogP contribution in [0.5, 0.6) is 0 Å². The van der Waals surface area contributed by atoms with E-state index >= 15 is 0 Å². The van der Waals surface area contributed by atoms with Crippen LogP contribution in [0.2, 0.25) is 0 Å². The zero-order chi connectivity index (χ0) is 26.5. The Hall–Kier alpha value is -3.32. The van der Waals surface area contributed by atoms with E-state index < -0.39 is 47.2 Å². The number of ether oxygens (including phenoxy) is 1. The first-order chi connectivity index (χ1) is 17.5. The lowest BCUT2D eigenvalue weighted by Gasteiger charge is -2.38. The minimum absolute atomic E-state index is 0.0525. The first kappa shape index (κ1) is 25.3. The number of para-hydroxylation sites is 1. The molecule has 0 bridgehead atoms. The smallest absolute Gasteiger partial charge is 0.409 e. The number of nitrogens with one attached hydrogen (secondary N) is 5. The Labute approximate surface area is 211 Å². The molecule has 0 radical (unpaired) electrons. The molecule has 2 aliphatic rings. The van der Waals surface area contributed by atoms with Crippen LogP contribution < -0.4 is 32.8 Å². The molecule has 0 saturated carbocycles. The van der Waals surface area contributed by atoms with Gasteiger partial charge in [-0.15, -0.1) is 0 Å². The standard InChI is InChI=1S/C20H25N9O6S2/c1-2-35-20(30)29-8-10(9-29)36(31,32)14-7-6-11(12-4-3-5-13-16(12)24-19(21)23-13)15(17(14)37(22,33)34)18-25-27-28-26-18/h3-7,10,18,25-28H,2,8-9H2,1H3,(H3,21,23,24)(H2,22,33,34). The molecule has 3 heterocycles. The molecule has 0 unspecified atom stereocenters. The van der Waals surface area contributed by atoms with Crippen molar-refractivity contribution in [1.29, 1.82) is 0 Å². The molecule has 15 nitrogen and oxygen atoms in total. The number of nitrogens with two attached hydrogens (primary N) is 2. The second-order valence-electron chi connectivity index (χ2n) is 8.47. The number of sulfone groups is 1. The number of primary sulfonamides is 1. The molecule has 5 rings (SSSR count). The highest BCUT2D eigenvalue weighted by Gasteiger charge is 2.44. The Morgan fingerprint density at radius 3 is 2.46 bits per heavy atom. The van der Waals surface area contributed by atoms with Crippen molar-refractivity contribution in [2.75, 3.05) is 25.4 Å². The van der Waals surface area contributed by atoms with Crippen molar-refractivity contribution in [2.24, 2.45) is 5.14 Å². The van der Waals surface area contributed by atoms with Gasteiger partial charge in [-0.3, -0.25) is 0 Å². The number of carbonyl (C=O) groups is 1. The second-order valence-corrected chi connectivity index (χ2v) is 12.2. The normalized spacial score (nSPS) is 17.3. The lowest BCUT2D eigenvalue weighted by molar-refractivity contribution is 0.0863. The fourth-order valence-corrected chi connectivity index (χ4v) is 7.78. The number of rotatable bonds is 6. The fourth-order valence-electron chi connectivity index (χ4n) is 4.46. The van der Waals surface area contributed by atoms with Gasteiger partial charge in [-0.1, -0.05) is 18.2 Å². The van der Waals surface area contributed by atoms with Crippen molar-refractivity contribution in [3.05, 3.63) is 35.9 Å². The zero-order valence-corrected chi connectivity index (χ0v) is 21.1. The summed E-state index contributed by atoms with van der Waals surface area (Å²) < 4.78 is 58.2. The molecule has 2 saturated heterocycles. The van der Waals surface area contributed by atoms with Gasteiger partial charge < -0.3 is 20.4 Å². The fraction of sp³-hybridized carbons (Fsp3) is 0.300. The van der Waals surface area contributed by atoms with E-state index in [1.807, 2.05) is 0 Å². The number of hydrazine groups is 3. The van der Waals surface area contributed by atoms with Crippen LogP contribution in [0, 0.1) is 0 Å². The lowest BCUT2D eigenvalue weighted by Crippen LogP contribution is -2.57. The van der Waals surface area contributed by atoms with Crippen molar-refractivity contribution >= 4 is 42.9 Å². The van der Waals surface area contributed by atoms with Crippen molar-refractivity contribution in [3.63, 3.8) is 0 Å². The van der Waals surface area contributed by atoms with Gasteiger partial charge >= 0.3 is 6.09 Å². The topological polar surface area (TPSA) is 227 Å². The number of H-pyrrole nitrogens is 1.